The van der Waals surface area contributed by atoms with Gasteiger partial charge in [-0.05, 0) is 66.1 Å². The summed E-state index contributed by atoms with van der Waals surface area (Å²) in [5.41, 5.74) is 6.19. The van der Waals surface area contributed by atoms with Gasteiger partial charge in [0.25, 0.3) is 5.91 Å². The van der Waals surface area contributed by atoms with Crippen LogP contribution in [-0.2, 0) is 4.79 Å². The number of aliphatic hydroxyl groups excluding tert-OH is 1. The standard InChI is InChI=1S/C30H26N2O4/c1-19-4-6-20(7-5-19)22-10-13-27-24(17-22)18-23(14-16-36-27)30(35)32-25-11-8-21(9-12-25)29(34)28-26(33)3-2-15-31-28/h2-13,15,17-18,29,33-34H,14,16H2,1H3,(H,32,35). The lowest BCUT2D eigenvalue weighted by atomic mass is 10.00. The van der Waals surface area contributed by atoms with E-state index in [1.54, 1.807) is 30.3 Å². The number of carbonyl (C=O) groups excluding carboxylic acids is 1. The highest BCUT2D eigenvalue weighted by Crippen LogP contribution is 2.32. The monoisotopic (exact) mass is 478 g/mol. The summed E-state index contributed by atoms with van der Waals surface area (Å²) in [6.07, 6.45) is 2.81. The van der Waals surface area contributed by atoms with Gasteiger partial charge in [0.15, 0.2) is 0 Å². The zero-order valence-electron chi connectivity index (χ0n) is 19.8. The first kappa shape index (κ1) is 23.3. The van der Waals surface area contributed by atoms with Crippen LogP contribution in [-0.4, -0.2) is 27.7 Å². The number of ether oxygens (including phenoxy) is 1. The van der Waals surface area contributed by atoms with Crippen molar-refractivity contribution < 1.29 is 19.7 Å². The van der Waals surface area contributed by atoms with E-state index in [1.807, 2.05) is 24.3 Å². The van der Waals surface area contributed by atoms with Crippen molar-refractivity contribution in [2.24, 2.45) is 0 Å². The number of nitrogens with one attached hydrogen (secondary N) is 1. The van der Waals surface area contributed by atoms with Crippen molar-refractivity contribution in [3.8, 4) is 22.6 Å². The number of fused-ring (bicyclic) bond motifs is 1. The molecule has 0 spiro atoms. The number of pyridine rings is 1. The predicted molar refractivity (Wildman–Crippen MR) is 140 cm³/mol. The lowest BCUT2D eigenvalue weighted by molar-refractivity contribution is -0.113. The van der Waals surface area contributed by atoms with Gasteiger partial charge in [0.2, 0.25) is 0 Å². The van der Waals surface area contributed by atoms with Gasteiger partial charge in [0, 0.05) is 29.4 Å². The van der Waals surface area contributed by atoms with E-state index in [0.29, 0.717) is 29.9 Å². The minimum absolute atomic E-state index is 0.0734. The molecule has 1 unspecified atom stereocenters. The maximum absolute atomic E-state index is 13.1. The minimum Gasteiger partial charge on any atom is -0.506 e. The number of hydrogen-bond acceptors (Lipinski definition) is 5. The maximum Gasteiger partial charge on any atom is 0.251 e. The molecule has 1 aliphatic rings. The molecule has 4 aromatic rings. The van der Waals surface area contributed by atoms with Crippen molar-refractivity contribution in [2.45, 2.75) is 19.4 Å². The van der Waals surface area contributed by atoms with E-state index in [0.717, 1.165) is 22.4 Å². The molecule has 1 atom stereocenters. The highest BCUT2D eigenvalue weighted by atomic mass is 16.5. The molecule has 3 N–H and O–H groups in total. The molecule has 3 aromatic carbocycles. The molecule has 0 saturated carbocycles. The highest BCUT2D eigenvalue weighted by molar-refractivity contribution is 6.07. The summed E-state index contributed by atoms with van der Waals surface area (Å²) in [4.78, 5) is 17.1. The quantitative estimate of drug-likeness (QED) is 0.345. The van der Waals surface area contributed by atoms with Gasteiger partial charge in [-0.3, -0.25) is 9.78 Å². The average molecular weight is 479 g/mol. The van der Waals surface area contributed by atoms with Crippen LogP contribution in [0.5, 0.6) is 11.5 Å². The molecule has 0 aliphatic carbocycles. The second-order valence-electron chi connectivity index (χ2n) is 8.77. The van der Waals surface area contributed by atoms with Crippen LogP contribution >= 0.6 is 0 Å². The first-order chi connectivity index (χ1) is 17.5. The van der Waals surface area contributed by atoms with Crippen molar-refractivity contribution >= 4 is 17.7 Å². The van der Waals surface area contributed by atoms with Gasteiger partial charge in [0.05, 0.1) is 6.61 Å². The van der Waals surface area contributed by atoms with Crippen LogP contribution in [0.3, 0.4) is 0 Å². The molecular weight excluding hydrogens is 452 g/mol. The van der Waals surface area contributed by atoms with Gasteiger partial charge in [-0.25, -0.2) is 0 Å². The number of benzene rings is 3. The Morgan fingerprint density at radius 2 is 1.75 bits per heavy atom. The lowest BCUT2D eigenvalue weighted by Gasteiger charge is -2.13. The second-order valence-corrected chi connectivity index (χ2v) is 8.77. The van der Waals surface area contributed by atoms with Crippen LogP contribution in [0.15, 0.2) is 90.6 Å². The summed E-state index contributed by atoms with van der Waals surface area (Å²) in [6.45, 7) is 2.47. The van der Waals surface area contributed by atoms with Crippen LogP contribution in [0.2, 0.25) is 0 Å². The Morgan fingerprint density at radius 1 is 1.00 bits per heavy atom. The van der Waals surface area contributed by atoms with Crippen LogP contribution in [0.1, 0.15) is 34.9 Å². The van der Waals surface area contributed by atoms with Gasteiger partial charge in [0.1, 0.15) is 23.3 Å². The molecule has 0 radical (unpaired) electrons. The van der Waals surface area contributed by atoms with Crippen molar-refractivity contribution in [1.29, 1.82) is 0 Å². The minimum atomic E-state index is -1.07. The Kier molecular flexibility index (Phi) is 6.52. The van der Waals surface area contributed by atoms with Gasteiger partial charge in [-0.2, -0.15) is 0 Å². The van der Waals surface area contributed by atoms with Crippen molar-refractivity contribution in [3.63, 3.8) is 0 Å². The summed E-state index contributed by atoms with van der Waals surface area (Å²) in [5.74, 6) is 0.475. The van der Waals surface area contributed by atoms with Crippen LogP contribution < -0.4 is 10.1 Å². The Morgan fingerprint density at radius 3 is 2.50 bits per heavy atom. The molecule has 6 heteroatoms. The number of aromatic nitrogens is 1. The molecule has 0 fully saturated rings. The maximum atomic E-state index is 13.1. The number of rotatable bonds is 5. The second kappa shape index (κ2) is 10.1. The Labute approximate surface area is 209 Å². The third-order valence-corrected chi connectivity index (χ3v) is 6.20. The normalized spacial score (nSPS) is 13.6. The number of carbonyl (C=O) groups is 1. The van der Waals surface area contributed by atoms with E-state index >= 15 is 0 Å². The SMILES string of the molecule is Cc1ccc(-c2ccc3c(c2)C=C(C(=O)Nc2ccc(C(O)c4ncccc4O)cc2)CCO3)cc1. The smallest absolute Gasteiger partial charge is 0.251 e. The van der Waals surface area contributed by atoms with Gasteiger partial charge < -0.3 is 20.3 Å². The Bertz CT molecular complexity index is 1430. The fourth-order valence-electron chi connectivity index (χ4n) is 4.17. The molecular formula is C30H26N2O4. The number of anilines is 1. The zero-order chi connectivity index (χ0) is 25.1. The molecule has 1 amide bonds. The van der Waals surface area contributed by atoms with E-state index in [-0.39, 0.29) is 17.4 Å². The number of aryl methyl sites for hydroxylation is 1. The van der Waals surface area contributed by atoms with Gasteiger partial charge in [-0.1, -0.05) is 48.0 Å². The molecule has 2 heterocycles. The highest BCUT2D eigenvalue weighted by Gasteiger charge is 2.18. The fourth-order valence-corrected chi connectivity index (χ4v) is 4.17. The fraction of sp³-hybridized carbons (Fsp3) is 0.133. The van der Waals surface area contributed by atoms with Crippen LogP contribution in [0.25, 0.3) is 17.2 Å². The number of aromatic hydroxyl groups is 1. The summed E-state index contributed by atoms with van der Waals surface area (Å²) >= 11 is 0. The first-order valence-electron chi connectivity index (χ1n) is 11.8. The molecule has 0 bridgehead atoms. The summed E-state index contributed by atoms with van der Waals surface area (Å²) in [6, 6.07) is 24.3. The number of hydrogen-bond donors (Lipinski definition) is 3. The van der Waals surface area contributed by atoms with Crippen molar-refractivity contribution in [2.75, 3.05) is 11.9 Å². The number of amides is 1. The third-order valence-electron chi connectivity index (χ3n) is 6.20. The molecule has 6 nitrogen and oxygen atoms in total. The Hall–Kier alpha value is -4.42. The lowest BCUT2D eigenvalue weighted by Crippen LogP contribution is -2.15. The first-order valence-corrected chi connectivity index (χ1v) is 11.8. The predicted octanol–water partition coefficient (Wildman–Crippen LogP) is 5.65. The zero-order valence-corrected chi connectivity index (χ0v) is 19.8. The Balaban J connectivity index is 1.33. The number of aliphatic hydroxyl groups is 1. The molecule has 0 saturated heterocycles. The molecule has 5 rings (SSSR count). The van der Waals surface area contributed by atoms with E-state index in [9.17, 15) is 15.0 Å². The van der Waals surface area contributed by atoms with E-state index in [4.69, 9.17) is 4.74 Å². The topological polar surface area (TPSA) is 91.7 Å². The van der Waals surface area contributed by atoms with E-state index < -0.39 is 6.10 Å². The molecule has 180 valence electrons. The third kappa shape index (κ3) is 4.99. The molecule has 1 aromatic heterocycles. The molecule has 36 heavy (non-hydrogen) atoms. The summed E-state index contributed by atoms with van der Waals surface area (Å²) in [7, 11) is 0. The number of nitrogens with zero attached hydrogens (tertiary/aromatic N) is 1. The summed E-state index contributed by atoms with van der Waals surface area (Å²) < 4.78 is 5.90. The molecule has 1 aliphatic heterocycles. The van der Waals surface area contributed by atoms with E-state index in [2.05, 4.69) is 41.5 Å². The van der Waals surface area contributed by atoms with Gasteiger partial charge in [-0.15, -0.1) is 0 Å². The van der Waals surface area contributed by atoms with E-state index in [1.165, 1.54) is 17.8 Å². The largest absolute Gasteiger partial charge is 0.506 e. The van der Waals surface area contributed by atoms with Gasteiger partial charge >= 0.3 is 0 Å². The summed E-state index contributed by atoms with van der Waals surface area (Å²) in [5, 5.41) is 23.4. The van der Waals surface area contributed by atoms with Crippen molar-refractivity contribution in [3.05, 3.63) is 113 Å². The van der Waals surface area contributed by atoms with Crippen LogP contribution in [0.4, 0.5) is 5.69 Å². The van der Waals surface area contributed by atoms with Crippen molar-refractivity contribution in [1.82, 2.24) is 4.98 Å². The average Bonchev–Trinajstić information content (AvgIpc) is 3.12. The van der Waals surface area contributed by atoms with Crippen LogP contribution in [0, 0.1) is 6.92 Å².